The highest BCUT2D eigenvalue weighted by atomic mass is 32.2. The molecule has 9 heteroatoms. The van der Waals surface area contributed by atoms with E-state index in [0.717, 1.165) is 0 Å². The summed E-state index contributed by atoms with van der Waals surface area (Å²) in [6, 6.07) is -0.146. The van der Waals surface area contributed by atoms with E-state index in [1.807, 2.05) is 0 Å². The molecule has 0 aromatic rings. The third kappa shape index (κ3) is 8.50. The van der Waals surface area contributed by atoms with Gasteiger partial charge >= 0.3 is 6.09 Å². The molecule has 2 N–H and O–H groups in total. The maximum absolute atomic E-state index is 11.9. The molecule has 1 saturated heterocycles. The molecule has 1 rings (SSSR count). The molecule has 8 nitrogen and oxygen atoms in total. The lowest BCUT2D eigenvalue weighted by molar-refractivity contribution is -0.00229. The zero-order chi connectivity index (χ0) is 17.7. The highest BCUT2D eigenvalue weighted by molar-refractivity contribution is 7.85. The summed E-state index contributed by atoms with van der Waals surface area (Å²) >= 11 is 0. The first-order chi connectivity index (χ1) is 10.5. The van der Waals surface area contributed by atoms with Gasteiger partial charge in [-0.2, -0.15) is 8.42 Å². The van der Waals surface area contributed by atoms with Gasteiger partial charge in [-0.15, -0.1) is 0 Å². The second kappa shape index (κ2) is 8.27. The predicted octanol–water partition coefficient (Wildman–Crippen LogP) is 0.878. The van der Waals surface area contributed by atoms with Crippen molar-refractivity contribution >= 4 is 16.2 Å². The van der Waals surface area contributed by atoms with Crippen LogP contribution in [0.3, 0.4) is 0 Å². The van der Waals surface area contributed by atoms with Crippen molar-refractivity contribution in [3.63, 3.8) is 0 Å². The molecule has 1 fully saturated rings. The summed E-state index contributed by atoms with van der Waals surface area (Å²) in [5.74, 6) is -0.249. The number of carbonyl (C=O) groups is 1. The van der Waals surface area contributed by atoms with E-state index in [-0.39, 0.29) is 17.9 Å². The quantitative estimate of drug-likeness (QED) is 0.684. The first kappa shape index (κ1) is 20.1. The number of nitrogens with one attached hydrogen (secondary N) is 1. The summed E-state index contributed by atoms with van der Waals surface area (Å²) in [7, 11) is -2.34. The van der Waals surface area contributed by atoms with Gasteiger partial charge in [0.15, 0.2) is 0 Å². The Hall–Kier alpha value is -0.900. The summed E-state index contributed by atoms with van der Waals surface area (Å²) in [5, 5.41) is 2.83. The molecule has 0 aliphatic carbocycles. The van der Waals surface area contributed by atoms with Crippen LogP contribution in [-0.2, 0) is 19.6 Å². The molecule has 0 unspecified atom stereocenters. The number of likely N-dealkylation sites (tertiary alicyclic amines) is 1. The lowest BCUT2D eigenvalue weighted by Crippen LogP contribution is -2.55. The summed E-state index contributed by atoms with van der Waals surface area (Å²) in [5.41, 5.74) is -0.552. The molecule has 0 bridgehead atoms. The summed E-state index contributed by atoms with van der Waals surface area (Å²) in [6.07, 6.45) is 0.384. The van der Waals surface area contributed by atoms with Crippen molar-refractivity contribution in [2.45, 2.75) is 51.4 Å². The Balaban J connectivity index is 2.44. The minimum Gasteiger partial charge on any atom is -0.444 e. The first-order valence-corrected chi connectivity index (χ1v) is 9.31. The summed E-state index contributed by atoms with van der Waals surface area (Å²) in [4.78, 5) is 13.9. The third-order valence-electron chi connectivity index (χ3n) is 3.52. The van der Waals surface area contributed by atoms with E-state index in [2.05, 4.69) is 10.2 Å². The van der Waals surface area contributed by atoms with Crippen molar-refractivity contribution in [2.75, 3.05) is 32.5 Å². The Morgan fingerprint density at radius 3 is 2.57 bits per heavy atom. The lowest BCUT2D eigenvalue weighted by Gasteiger charge is -2.38. The number of amides is 1. The number of methoxy groups -OCH3 is 1. The molecular weight excluding hydrogens is 324 g/mol. The average molecular weight is 352 g/mol. The van der Waals surface area contributed by atoms with Gasteiger partial charge in [-0.1, -0.05) is 0 Å². The minimum atomic E-state index is -3.92. The van der Waals surface area contributed by atoms with Gasteiger partial charge in [-0.25, -0.2) is 4.79 Å². The van der Waals surface area contributed by atoms with Crippen molar-refractivity contribution in [1.82, 2.24) is 10.2 Å². The molecule has 1 aliphatic heterocycles. The van der Waals surface area contributed by atoms with Gasteiger partial charge in [0.1, 0.15) is 5.60 Å². The molecule has 1 aliphatic rings. The van der Waals surface area contributed by atoms with Gasteiger partial charge in [0, 0.05) is 20.2 Å². The van der Waals surface area contributed by atoms with Gasteiger partial charge in [0.2, 0.25) is 0 Å². The van der Waals surface area contributed by atoms with Crippen LogP contribution < -0.4 is 5.32 Å². The van der Waals surface area contributed by atoms with Gasteiger partial charge in [0.05, 0.1) is 17.9 Å². The second-order valence-electron chi connectivity index (χ2n) is 6.76. The van der Waals surface area contributed by atoms with E-state index in [1.165, 1.54) is 0 Å². The van der Waals surface area contributed by atoms with E-state index in [4.69, 9.17) is 14.0 Å². The number of hydrogen-bond donors (Lipinski definition) is 2. The Kier molecular flexibility index (Phi) is 7.25. The zero-order valence-corrected chi connectivity index (χ0v) is 15.1. The fraction of sp³-hybridized carbons (Fsp3) is 0.929. The molecule has 0 saturated carbocycles. The van der Waals surface area contributed by atoms with Crippen LogP contribution in [0.15, 0.2) is 0 Å². The maximum Gasteiger partial charge on any atom is 0.407 e. The van der Waals surface area contributed by atoms with Crippen molar-refractivity contribution in [3.05, 3.63) is 0 Å². The molecule has 136 valence electrons. The summed E-state index contributed by atoms with van der Waals surface area (Å²) in [6.45, 7) is 7.27. The summed E-state index contributed by atoms with van der Waals surface area (Å²) < 4.78 is 40.9. The highest BCUT2D eigenvalue weighted by Crippen LogP contribution is 2.15. The van der Waals surface area contributed by atoms with E-state index in [0.29, 0.717) is 32.5 Å². The van der Waals surface area contributed by atoms with E-state index >= 15 is 0 Å². The predicted molar refractivity (Wildman–Crippen MR) is 86.0 cm³/mol. The Morgan fingerprint density at radius 1 is 1.39 bits per heavy atom. The van der Waals surface area contributed by atoms with Crippen molar-refractivity contribution in [1.29, 1.82) is 0 Å². The smallest absolute Gasteiger partial charge is 0.407 e. The molecule has 0 aromatic heterocycles. The van der Waals surface area contributed by atoms with Crippen LogP contribution in [0, 0.1) is 0 Å². The molecular formula is C14H28N2O6S. The Morgan fingerprint density at radius 2 is 2.04 bits per heavy atom. The zero-order valence-electron chi connectivity index (χ0n) is 14.2. The number of rotatable bonds is 6. The van der Waals surface area contributed by atoms with Crippen molar-refractivity contribution < 1.29 is 27.2 Å². The molecule has 0 aromatic carbocycles. The van der Waals surface area contributed by atoms with Gasteiger partial charge in [-0.3, -0.25) is 4.55 Å². The lowest BCUT2D eigenvalue weighted by atomic mass is 10.0. The number of nitrogens with zero attached hydrogens (tertiary/aromatic N) is 1. The monoisotopic (exact) mass is 352 g/mol. The van der Waals surface area contributed by atoms with Crippen molar-refractivity contribution in [2.24, 2.45) is 0 Å². The number of alkyl carbamates (subject to hydrolysis) is 1. The van der Waals surface area contributed by atoms with Crippen LogP contribution >= 0.6 is 0 Å². The van der Waals surface area contributed by atoms with Crippen LogP contribution in [0.25, 0.3) is 0 Å². The molecule has 23 heavy (non-hydrogen) atoms. The van der Waals surface area contributed by atoms with Crippen LogP contribution in [0.5, 0.6) is 0 Å². The normalized spacial score (nSPS) is 23.5. The van der Waals surface area contributed by atoms with Crippen LogP contribution in [0.2, 0.25) is 0 Å². The number of ether oxygens (including phenoxy) is 2. The average Bonchev–Trinajstić information content (AvgIpc) is 2.36. The van der Waals surface area contributed by atoms with E-state index < -0.39 is 21.8 Å². The number of carbonyl (C=O) groups excluding carboxylic acids is 1. The minimum absolute atomic E-state index is 0.146. The molecule has 0 spiro atoms. The first-order valence-electron chi connectivity index (χ1n) is 7.70. The van der Waals surface area contributed by atoms with Crippen LogP contribution in [0.1, 0.15) is 33.6 Å². The largest absolute Gasteiger partial charge is 0.444 e. The second-order valence-corrected chi connectivity index (χ2v) is 8.33. The number of piperidine rings is 1. The number of hydrogen-bond acceptors (Lipinski definition) is 6. The SMILES string of the molecule is CO[C@@H]1CN(CCCS(=O)(=O)O)CC[C@H]1NC(=O)OC(C)(C)C. The Labute approximate surface area is 138 Å². The molecule has 1 heterocycles. The van der Waals surface area contributed by atoms with Gasteiger partial charge in [-0.05, 0) is 40.2 Å². The molecule has 1 amide bonds. The Bertz CT molecular complexity index is 488. The van der Waals surface area contributed by atoms with Crippen LogP contribution in [0.4, 0.5) is 4.79 Å². The third-order valence-corrected chi connectivity index (χ3v) is 4.33. The van der Waals surface area contributed by atoms with E-state index in [9.17, 15) is 13.2 Å². The van der Waals surface area contributed by atoms with Gasteiger partial charge < -0.3 is 19.7 Å². The van der Waals surface area contributed by atoms with Crippen LogP contribution in [-0.4, -0.2) is 74.2 Å². The fourth-order valence-electron chi connectivity index (χ4n) is 2.52. The van der Waals surface area contributed by atoms with Gasteiger partial charge in [0.25, 0.3) is 10.1 Å². The topological polar surface area (TPSA) is 105 Å². The highest BCUT2D eigenvalue weighted by Gasteiger charge is 2.31. The maximum atomic E-state index is 11.9. The molecule has 0 radical (unpaired) electrons. The van der Waals surface area contributed by atoms with Crippen molar-refractivity contribution in [3.8, 4) is 0 Å². The molecule has 2 atom stereocenters. The van der Waals surface area contributed by atoms with E-state index in [1.54, 1.807) is 27.9 Å². The fourth-order valence-corrected chi connectivity index (χ4v) is 3.01. The standard InChI is InChI=1S/C14H28N2O6S/c1-14(2,3)22-13(17)15-11-6-8-16(10-12(11)21-4)7-5-9-23(18,19)20/h11-12H,5-10H2,1-4H3,(H,15,17)(H,18,19,20)/t11-,12-/m1/s1.